The van der Waals surface area contributed by atoms with Crippen molar-refractivity contribution in [1.29, 1.82) is 0 Å². The molecule has 2 heterocycles. The molecule has 0 bridgehead atoms. The average molecular weight is 381 g/mol. The molecule has 0 aliphatic rings. The van der Waals surface area contributed by atoms with Gasteiger partial charge in [0.25, 0.3) is 11.6 Å². The Kier molecular flexibility index (Phi) is 4.30. The van der Waals surface area contributed by atoms with Gasteiger partial charge in [0.05, 0.1) is 23.2 Å². The molecule has 4 aromatic rings. The summed E-state index contributed by atoms with van der Waals surface area (Å²) >= 11 is 0.857. The van der Waals surface area contributed by atoms with Gasteiger partial charge in [0.2, 0.25) is 0 Å². The fraction of sp³-hybridized carbons (Fsp3) is 0.0588. The van der Waals surface area contributed by atoms with Gasteiger partial charge in [-0.2, -0.15) is 8.75 Å². The highest BCUT2D eigenvalue weighted by atomic mass is 32.1. The number of non-ortho nitro benzene ring substituents is 1. The molecule has 0 saturated heterocycles. The lowest BCUT2D eigenvalue weighted by Crippen LogP contribution is -2.23. The molecule has 0 fully saturated rings. The first kappa shape index (κ1) is 16.8. The van der Waals surface area contributed by atoms with Gasteiger partial charge in [-0.1, -0.05) is 35.5 Å². The van der Waals surface area contributed by atoms with Crippen LogP contribution in [0, 0.1) is 10.1 Å². The highest BCUT2D eigenvalue weighted by Crippen LogP contribution is 2.26. The molecule has 0 aliphatic heterocycles. The van der Waals surface area contributed by atoms with E-state index in [1.165, 1.54) is 12.1 Å². The Balaban J connectivity index is 1.51. The quantitative estimate of drug-likeness (QED) is 0.416. The minimum Gasteiger partial charge on any atom is -0.356 e. The van der Waals surface area contributed by atoms with Gasteiger partial charge in [0.1, 0.15) is 11.2 Å². The van der Waals surface area contributed by atoms with Crippen molar-refractivity contribution in [3.8, 4) is 11.3 Å². The molecule has 9 nitrogen and oxygen atoms in total. The average Bonchev–Trinajstić information content (AvgIpc) is 3.35. The summed E-state index contributed by atoms with van der Waals surface area (Å²) < 4.78 is 13.2. The number of carbonyl (C=O) groups excluding carboxylic acids is 1. The van der Waals surface area contributed by atoms with Crippen LogP contribution in [0.2, 0.25) is 0 Å². The number of benzene rings is 2. The molecule has 134 valence electrons. The number of carbonyl (C=O) groups is 1. The molecule has 1 N–H and O–H groups in total. The predicted molar refractivity (Wildman–Crippen MR) is 97.2 cm³/mol. The normalized spacial score (nSPS) is 10.8. The number of nitrogens with zero attached hydrogens (tertiary/aromatic N) is 4. The van der Waals surface area contributed by atoms with Crippen molar-refractivity contribution in [1.82, 2.24) is 19.2 Å². The Morgan fingerprint density at radius 1 is 1.19 bits per heavy atom. The lowest BCUT2D eigenvalue weighted by atomic mass is 10.1. The molecule has 1 amide bonds. The molecular weight excluding hydrogens is 370 g/mol. The van der Waals surface area contributed by atoms with Crippen LogP contribution >= 0.6 is 11.7 Å². The van der Waals surface area contributed by atoms with Gasteiger partial charge in [0.15, 0.2) is 11.3 Å². The number of nitrogens with one attached hydrogen (secondary N) is 1. The smallest absolute Gasteiger partial charge is 0.299 e. The molecule has 0 saturated carbocycles. The van der Waals surface area contributed by atoms with Crippen LogP contribution in [-0.2, 0) is 6.54 Å². The summed E-state index contributed by atoms with van der Waals surface area (Å²) in [5.74, 6) is 0.114. The van der Waals surface area contributed by atoms with Crippen LogP contribution in [0.1, 0.15) is 16.1 Å². The van der Waals surface area contributed by atoms with Crippen molar-refractivity contribution in [2.45, 2.75) is 6.54 Å². The number of fused-ring (bicyclic) bond motifs is 1. The maximum Gasteiger partial charge on any atom is 0.299 e. The van der Waals surface area contributed by atoms with Gasteiger partial charge in [0, 0.05) is 23.3 Å². The first-order valence-electron chi connectivity index (χ1n) is 7.82. The summed E-state index contributed by atoms with van der Waals surface area (Å²) in [5, 5.41) is 17.8. The van der Waals surface area contributed by atoms with E-state index >= 15 is 0 Å². The van der Waals surface area contributed by atoms with Gasteiger partial charge < -0.3 is 9.84 Å². The van der Waals surface area contributed by atoms with E-state index in [0.29, 0.717) is 17.0 Å². The Hall–Kier alpha value is -3.66. The van der Waals surface area contributed by atoms with E-state index < -0.39 is 10.8 Å². The fourth-order valence-corrected chi connectivity index (χ4v) is 3.09. The molecule has 27 heavy (non-hydrogen) atoms. The number of hydrogen-bond acceptors (Lipinski definition) is 8. The molecule has 0 radical (unpaired) electrons. The van der Waals surface area contributed by atoms with E-state index in [2.05, 4.69) is 19.2 Å². The monoisotopic (exact) mass is 381 g/mol. The van der Waals surface area contributed by atoms with Crippen LogP contribution in [0.25, 0.3) is 22.4 Å². The SMILES string of the molecule is O=C(NCc1cc(-c2ccccc2)on1)c1cc([N+](=O)[O-])c2nsnc2c1. The van der Waals surface area contributed by atoms with Crippen LogP contribution in [0.5, 0.6) is 0 Å². The largest absolute Gasteiger partial charge is 0.356 e. The van der Waals surface area contributed by atoms with Crippen LogP contribution in [-0.4, -0.2) is 24.7 Å². The molecule has 2 aromatic carbocycles. The lowest BCUT2D eigenvalue weighted by molar-refractivity contribution is -0.383. The third kappa shape index (κ3) is 3.37. The molecule has 0 unspecified atom stereocenters. The first-order valence-corrected chi connectivity index (χ1v) is 8.55. The highest BCUT2D eigenvalue weighted by Gasteiger charge is 2.20. The van der Waals surface area contributed by atoms with Crippen LogP contribution in [0.4, 0.5) is 5.69 Å². The second-order valence-electron chi connectivity index (χ2n) is 5.62. The number of rotatable bonds is 5. The summed E-state index contributed by atoms with van der Waals surface area (Å²) in [6, 6.07) is 13.8. The van der Waals surface area contributed by atoms with Crippen molar-refractivity contribution in [2.24, 2.45) is 0 Å². The minimum atomic E-state index is -0.579. The maximum atomic E-state index is 12.4. The minimum absolute atomic E-state index is 0.121. The maximum absolute atomic E-state index is 12.4. The van der Waals surface area contributed by atoms with Gasteiger partial charge >= 0.3 is 0 Å². The summed E-state index contributed by atoms with van der Waals surface area (Å²) in [6.45, 7) is 0.121. The van der Waals surface area contributed by atoms with Gasteiger partial charge in [-0.05, 0) is 6.07 Å². The molecular formula is C17H11N5O4S. The van der Waals surface area contributed by atoms with E-state index in [1.54, 1.807) is 6.07 Å². The molecule has 4 rings (SSSR count). The summed E-state index contributed by atoms with van der Waals surface area (Å²) in [5.41, 5.74) is 1.78. The highest BCUT2D eigenvalue weighted by molar-refractivity contribution is 7.00. The van der Waals surface area contributed by atoms with Crippen molar-refractivity contribution >= 4 is 34.4 Å². The number of aromatic nitrogens is 3. The number of nitro groups is 1. The third-order valence-corrected chi connectivity index (χ3v) is 4.39. The molecule has 0 atom stereocenters. The van der Waals surface area contributed by atoms with Crippen molar-refractivity contribution < 1.29 is 14.2 Å². The lowest BCUT2D eigenvalue weighted by Gasteiger charge is -2.03. The summed E-state index contributed by atoms with van der Waals surface area (Å²) in [4.78, 5) is 23.0. The van der Waals surface area contributed by atoms with Crippen molar-refractivity contribution in [2.75, 3.05) is 0 Å². The van der Waals surface area contributed by atoms with Gasteiger partial charge in [-0.3, -0.25) is 14.9 Å². The van der Waals surface area contributed by atoms with Crippen LogP contribution in [0.3, 0.4) is 0 Å². The number of hydrogen-bond donors (Lipinski definition) is 1. The molecule has 0 aliphatic carbocycles. The second kappa shape index (κ2) is 6.92. The molecule has 10 heteroatoms. The van der Waals surface area contributed by atoms with Gasteiger partial charge in [-0.25, -0.2) is 0 Å². The van der Waals surface area contributed by atoms with Crippen LogP contribution < -0.4 is 5.32 Å². The summed E-state index contributed by atoms with van der Waals surface area (Å²) in [7, 11) is 0. The topological polar surface area (TPSA) is 124 Å². The Morgan fingerprint density at radius 3 is 2.78 bits per heavy atom. The zero-order valence-electron chi connectivity index (χ0n) is 13.7. The predicted octanol–water partition coefficient (Wildman–Crippen LogP) is 3.18. The van der Waals surface area contributed by atoms with E-state index in [-0.39, 0.29) is 23.3 Å². The number of nitro benzene ring substituents is 1. The standard InChI is InChI=1S/C17H11N5O4S/c23-17(11-6-13-16(21-27-20-13)14(7-11)22(24)25)18-9-12-8-15(26-19-12)10-4-2-1-3-5-10/h1-8H,9H2,(H,18,23). The Bertz CT molecular complexity index is 1140. The van der Waals surface area contributed by atoms with Crippen molar-refractivity contribution in [3.63, 3.8) is 0 Å². The van der Waals surface area contributed by atoms with Crippen LogP contribution in [0.15, 0.2) is 53.1 Å². The van der Waals surface area contributed by atoms with E-state index in [1.807, 2.05) is 30.3 Å². The second-order valence-corrected chi connectivity index (χ2v) is 6.14. The van der Waals surface area contributed by atoms with Gasteiger partial charge in [-0.15, -0.1) is 0 Å². The zero-order chi connectivity index (χ0) is 18.8. The molecule has 2 aromatic heterocycles. The van der Waals surface area contributed by atoms with Crippen molar-refractivity contribution in [3.05, 3.63) is 69.9 Å². The Morgan fingerprint density at radius 2 is 2.00 bits per heavy atom. The van der Waals surface area contributed by atoms with E-state index in [4.69, 9.17) is 4.52 Å². The van der Waals surface area contributed by atoms with E-state index in [0.717, 1.165) is 17.3 Å². The van der Waals surface area contributed by atoms with E-state index in [9.17, 15) is 14.9 Å². The Labute approximate surface area is 156 Å². The third-order valence-electron chi connectivity index (χ3n) is 3.85. The number of amides is 1. The zero-order valence-corrected chi connectivity index (χ0v) is 14.5. The fourth-order valence-electron chi connectivity index (χ4n) is 2.55. The summed E-state index contributed by atoms with van der Waals surface area (Å²) in [6.07, 6.45) is 0. The first-order chi connectivity index (χ1) is 13.1. The molecule has 0 spiro atoms.